The number of hydrogen-bond acceptors (Lipinski definition) is 5. The number of anilines is 2. The van der Waals surface area contributed by atoms with Crippen LogP contribution < -0.4 is 9.91 Å². The molecule has 2 heterocycles. The summed E-state index contributed by atoms with van der Waals surface area (Å²) < 4.78 is 14.1. The largest absolute Gasteiger partial charge is 0.271 e. The van der Waals surface area contributed by atoms with Gasteiger partial charge in [0.1, 0.15) is 5.82 Å². The average Bonchev–Trinajstić information content (AvgIpc) is 3.13. The zero-order valence-electron chi connectivity index (χ0n) is 13.1. The van der Waals surface area contributed by atoms with Crippen molar-refractivity contribution in [2.45, 2.75) is 19.0 Å². The third kappa shape index (κ3) is 2.44. The predicted molar refractivity (Wildman–Crippen MR) is 92.7 cm³/mol. The Morgan fingerprint density at radius 3 is 2.40 bits per heavy atom. The molecular weight excluding hydrogens is 391 g/mol. The van der Waals surface area contributed by atoms with Crippen molar-refractivity contribution in [3.63, 3.8) is 0 Å². The van der Waals surface area contributed by atoms with Crippen LogP contribution in [0.2, 0.25) is 0 Å². The molecule has 6 nitrogen and oxygen atoms in total. The van der Waals surface area contributed by atoms with E-state index in [1.165, 1.54) is 29.3 Å². The number of benzene rings is 2. The van der Waals surface area contributed by atoms with Crippen LogP contribution in [0, 0.1) is 12.7 Å². The van der Waals surface area contributed by atoms with Gasteiger partial charge in [-0.05, 0) is 55.0 Å². The maximum absolute atomic E-state index is 13.1. The number of imide groups is 1. The maximum Gasteiger partial charge on any atom is 0.263 e. The Labute approximate surface area is 151 Å². The van der Waals surface area contributed by atoms with E-state index in [9.17, 15) is 14.0 Å². The van der Waals surface area contributed by atoms with E-state index < -0.39 is 29.7 Å². The summed E-state index contributed by atoms with van der Waals surface area (Å²) in [7, 11) is 0. The van der Waals surface area contributed by atoms with Gasteiger partial charge in [0.2, 0.25) is 0 Å². The Balaban J connectivity index is 1.70. The van der Waals surface area contributed by atoms with Gasteiger partial charge in [0.25, 0.3) is 11.8 Å². The van der Waals surface area contributed by atoms with E-state index in [1.54, 1.807) is 6.07 Å². The summed E-state index contributed by atoms with van der Waals surface area (Å²) in [6.45, 7) is 1.92. The lowest BCUT2D eigenvalue weighted by atomic mass is 10.1. The number of carbonyl (C=O) groups is 2. The number of hydrogen-bond donors (Lipinski definition) is 0. The van der Waals surface area contributed by atoms with Gasteiger partial charge in [0.15, 0.2) is 12.1 Å². The highest BCUT2D eigenvalue weighted by molar-refractivity contribution is 9.10. The van der Waals surface area contributed by atoms with Crippen LogP contribution in [0.3, 0.4) is 0 Å². The summed E-state index contributed by atoms with van der Waals surface area (Å²) in [6.07, 6.45) is 0. The minimum absolute atomic E-state index is 0.327. The van der Waals surface area contributed by atoms with E-state index in [0.29, 0.717) is 11.4 Å². The van der Waals surface area contributed by atoms with Crippen LogP contribution in [0.4, 0.5) is 15.8 Å². The molecule has 0 N–H and O–H groups in total. The van der Waals surface area contributed by atoms with Crippen LogP contribution in [0.1, 0.15) is 5.56 Å². The van der Waals surface area contributed by atoms with Crippen molar-refractivity contribution in [2.24, 2.45) is 10.3 Å². The Hall–Kier alpha value is -2.61. The molecule has 2 amide bonds. The molecule has 2 aromatic rings. The fourth-order valence-corrected chi connectivity index (χ4v) is 3.24. The number of nitrogens with zero attached hydrogens (tertiary/aromatic N) is 4. The van der Waals surface area contributed by atoms with Crippen molar-refractivity contribution < 1.29 is 14.0 Å². The standard InChI is InChI=1S/C17H12BrFN4O2/c1-9-8-12(6-7-13(9)18)23-15-14(20-21-23)16(24)22(17(15)25)11-4-2-10(19)3-5-11/h2-8,14-15H,1H3/t14-,15+/m1/s1. The number of aryl methyl sites for hydroxylation is 1. The van der Waals surface area contributed by atoms with Gasteiger partial charge in [-0.25, -0.2) is 14.3 Å². The van der Waals surface area contributed by atoms with Crippen molar-refractivity contribution in [1.82, 2.24) is 0 Å². The minimum atomic E-state index is -0.887. The first-order valence-corrected chi connectivity index (χ1v) is 8.36. The Morgan fingerprint density at radius 2 is 1.72 bits per heavy atom. The molecule has 2 aliphatic rings. The smallest absolute Gasteiger partial charge is 0.263 e. The fourth-order valence-electron chi connectivity index (χ4n) is 2.99. The van der Waals surface area contributed by atoms with Crippen LogP contribution in [0.15, 0.2) is 57.3 Å². The first-order valence-electron chi connectivity index (χ1n) is 7.57. The molecule has 0 aliphatic carbocycles. The lowest BCUT2D eigenvalue weighted by Crippen LogP contribution is -2.39. The van der Waals surface area contributed by atoms with Crippen LogP contribution in [-0.4, -0.2) is 23.9 Å². The van der Waals surface area contributed by atoms with E-state index in [0.717, 1.165) is 14.9 Å². The molecule has 0 spiro atoms. The quantitative estimate of drug-likeness (QED) is 0.723. The fraction of sp³-hybridized carbons (Fsp3) is 0.176. The summed E-state index contributed by atoms with van der Waals surface area (Å²) in [5, 5.41) is 9.47. The van der Waals surface area contributed by atoms with Crippen LogP contribution in [-0.2, 0) is 9.59 Å². The van der Waals surface area contributed by atoms with Crippen LogP contribution >= 0.6 is 15.9 Å². The van der Waals surface area contributed by atoms with Gasteiger partial charge >= 0.3 is 0 Å². The highest BCUT2D eigenvalue weighted by atomic mass is 79.9. The van der Waals surface area contributed by atoms with E-state index in [-0.39, 0.29) is 0 Å². The highest BCUT2D eigenvalue weighted by Gasteiger charge is 2.55. The van der Waals surface area contributed by atoms with Gasteiger partial charge < -0.3 is 0 Å². The second-order valence-electron chi connectivity index (χ2n) is 5.86. The first-order chi connectivity index (χ1) is 12.0. The van der Waals surface area contributed by atoms with E-state index >= 15 is 0 Å². The van der Waals surface area contributed by atoms with Crippen molar-refractivity contribution in [2.75, 3.05) is 9.91 Å². The van der Waals surface area contributed by atoms with Crippen LogP contribution in [0.25, 0.3) is 0 Å². The zero-order valence-corrected chi connectivity index (χ0v) is 14.6. The molecule has 2 aromatic carbocycles. The monoisotopic (exact) mass is 402 g/mol. The predicted octanol–water partition coefficient (Wildman–Crippen LogP) is 3.39. The summed E-state index contributed by atoms with van der Waals surface area (Å²) in [5.41, 5.74) is 1.98. The third-order valence-corrected chi connectivity index (χ3v) is 5.16. The Bertz CT molecular complexity index is 915. The second-order valence-corrected chi connectivity index (χ2v) is 6.72. The molecule has 4 rings (SSSR count). The molecule has 0 unspecified atom stereocenters. The van der Waals surface area contributed by atoms with Gasteiger partial charge in [-0.15, -0.1) is 0 Å². The zero-order chi connectivity index (χ0) is 17.7. The number of halogens is 2. The van der Waals surface area contributed by atoms with E-state index in [1.807, 2.05) is 19.1 Å². The summed E-state index contributed by atoms with van der Waals surface area (Å²) in [4.78, 5) is 26.5. The number of fused-ring (bicyclic) bond motifs is 1. The topological polar surface area (TPSA) is 65.3 Å². The molecule has 126 valence electrons. The summed E-state index contributed by atoms with van der Waals surface area (Å²) in [6, 6.07) is 9.03. The molecule has 25 heavy (non-hydrogen) atoms. The molecule has 8 heteroatoms. The molecular formula is C17H12BrFN4O2. The molecule has 1 saturated heterocycles. The van der Waals surface area contributed by atoms with Gasteiger partial charge in [0, 0.05) is 4.47 Å². The maximum atomic E-state index is 13.1. The van der Waals surface area contributed by atoms with Gasteiger partial charge in [0.05, 0.1) is 11.4 Å². The van der Waals surface area contributed by atoms with Crippen molar-refractivity contribution in [3.05, 3.63) is 58.3 Å². The Morgan fingerprint density at radius 1 is 1.04 bits per heavy atom. The van der Waals surface area contributed by atoms with Crippen molar-refractivity contribution in [1.29, 1.82) is 0 Å². The SMILES string of the molecule is Cc1cc(N2N=N[C@H]3C(=O)N(c4ccc(F)cc4)C(=O)[C@H]32)ccc1Br. The van der Waals surface area contributed by atoms with Crippen LogP contribution in [0.5, 0.6) is 0 Å². The van der Waals surface area contributed by atoms with Crippen molar-refractivity contribution >= 4 is 39.1 Å². The van der Waals surface area contributed by atoms with Gasteiger partial charge in [-0.3, -0.25) is 9.59 Å². The minimum Gasteiger partial charge on any atom is -0.271 e. The number of rotatable bonds is 2. The Kier molecular flexibility index (Phi) is 3.64. The normalized spacial score (nSPS) is 22.0. The highest BCUT2D eigenvalue weighted by Crippen LogP contribution is 2.35. The second kappa shape index (κ2) is 5.73. The van der Waals surface area contributed by atoms with Crippen molar-refractivity contribution in [3.8, 4) is 0 Å². The summed E-state index contributed by atoms with van der Waals surface area (Å²) in [5.74, 6) is -1.32. The molecule has 1 fully saturated rings. The van der Waals surface area contributed by atoms with E-state index in [4.69, 9.17) is 0 Å². The molecule has 0 saturated carbocycles. The lowest BCUT2D eigenvalue weighted by Gasteiger charge is -2.21. The summed E-state index contributed by atoms with van der Waals surface area (Å²) >= 11 is 3.43. The van der Waals surface area contributed by atoms with E-state index in [2.05, 4.69) is 26.3 Å². The van der Waals surface area contributed by atoms with Gasteiger partial charge in [-0.2, -0.15) is 5.11 Å². The average molecular weight is 403 g/mol. The number of carbonyl (C=O) groups excluding carboxylic acids is 2. The molecule has 0 radical (unpaired) electrons. The van der Waals surface area contributed by atoms with Gasteiger partial charge in [-0.1, -0.05) is 21.2 Å². The number of amides is 2. The molecule has 0 aromatic heterocycles. The third-order valence-electron chi connectivity index (χ3n) is 4.27. The molecule has 2 atom stereocenters. The molecule has 0 bridgehead atoms. The first kappa shape index (κ1) is 15.9. The lowest BCUT2D eigenvalue weighted by molar-refractivity contribution is -0.121. The molecule has 2 aliphatic heterocycles.